The third-order valence-electron chi connectivity index (χ3n) is 3.35. The predicted molar refractivity (Wildman–Crippen MR) is 91.3 cm³/mol. The molecular weight excluding hydrogens is 342 g/mol. The van der Waals surface area contributed by atoms with Gasteiger partial charge in [0.05, 0.1) is 25.7 Å². The summed E-state index contributed by atoms with van der Waals surface area (Å²) in [6.07, 6.45) is 1.61. The van der Waals surface area contributed by atoms with Crippen molar-refractivity contribution >= 4 is 17.7 Å². The highest BCUT2D eigenvalue weighted by Crippen LogP contribution is 2.20. The molecule has 8 heteroatoms. The van der Waals surface area contributed by atoms with Crippen LogP contribution >= 0.6 is 11.8 Å². The number of benzene rings is 1. The summed E-state index contributed by atoms with van der Waals surface area (Å²) in [5.74, 6) is 2.00. The fourth-order valence-corrected chi connectivity index (χ4v) is 2.89. The highest BCUT2D eigenvalue weighted by molar-refractivity contribution is 7.99. The maximum absolute atomic E-state index is 11.4. The van der Waals surface area contributed by atoms with Gasteiger partial charge in [-0.15, -0.1) is 10.2 Å². The van der Waals surface area contributed by atoms with Crippen LogP contribution in [0.25, 0.3) is 0 Å². The van der Waals surface area contributed by atoms with Crippen LogP contribution in [-0.2, 0) is 22.7 Å². The number of carbonyl (C=O) groups excluding carboxylic acids is 1. The lowest BCUT2D eigenvalue weighted by Crippen LogP contribution is -2.10. The molecule has 0 fully saturated rings. The Bertz CT molecular complexity index is 803. The minimum Gasteiger partial charge on any atom is -0.486 e. The van der Waals surface area contributed by atoms with Gasteiger partial charge in [-0.2, -0.15) is 0 Å². The fraction of sp³-hybridized carbons (Fsp3) is 0.235. The Morgan fingerprint density at radius 2 is 2.04 bits per heavy atom. The Morgan fingerprint density at radius 3 is 2.76 bits per heavy atom. The molecule has 0 spiro atoms. The Morgan fingerprint density at radius 1 is 1.20 bits per heavy atom. The van der Waals surface area contributed by atoms with Gasteiger partial charge in [0, 0.05) is 0 Å². The normalized spacial score (nSPS) is 10.6. The third kappa shape index (κ3) is 4.63. The number of hydrogen-bond acceptors (Lipinski definition) is 7. The molecule has 0 amide bonds. The van der Waals surface area contributed by atoms with Crippen LogP contribution in [-0.4, -0.2) is 33.6 Å². The summed E-state index contributed by atoms with van der Waals surface area (Å²) >= 11 is 1.26. The monoisotopic (exact) mass is 359 g/mol. The summed E-state index contributed by atoms with van der Waals surface area (Å²) < 4.78 is 17.7. The van der Waals surface area contributed by atoms with Crippen molar-refractivity contribution in [3.05, 3.63) is 60.3 Å². The lowest BCUT2D eigenvalue weighted by molar-refractivity contribution is -0.137. The number of para-hydroxylation sites is 1. The van der Waals surface area contributed by atoms with Crippen molar-refractivity contribution in [2.75, 3.05) is 12.9 Å². The number of ether oxygens (including phenoxy) is 2. The first-order chi connectivity index (χ1) is 12.3. The van der Waals surface area contributed by atoms with E-state index in [-0.39, 0.29) is 18.3 Å². The zero-order valence-corrected chi connectivity index (χ0v) is 14.4. The van der Waals surface area contributed by atoms with Gasteiger partial charge in [0.15, 0.2) is 11.0 Å². The molecule has 0 bridgehead atoms. The van der Waals surface area contributed by atoms with Crippen LogP contribution in [0.1, 0.15) is 11.6 Å². The predicted octanol–water partition coefficient (Wildman–Crippen LogP) is 2.76. The molecule has 0 saturated heterocycles. The van der Waals surface area contributed by atoms with Crippen LogP contribution in [0.5, 0.6) is 5.75 Å². The number of rotatable bonds is 8. The minimum atomic E-state index is -0.320. The number of methoxy groups -OCH3 is 1. The van der Waals surface area contributed by atoms with E-state index in [1.165, 1.54) is 18.9 Å². The summed E-state index contributed by atoms with van der Waals surface area (Å²) in [5.41, 5.74) is 0. The average Bonchev–Trinajstić information content (AvgIpc) is 3.29. The van der Waals surface area contributed by atoms with Crippen molar-refractivity contribution in [2.24, 2.45) is 0 Å². The first kappa shape index (κ1) is 17.1. The first-order valence-electron chi connectivity index (χ1n) is 7.58. The number of hydrogen-bond donors (Lipinski definition) is 0. The number of thioether (sulfide) groups is 1. The Hall–Kier alpha value is -2.74. The van der Waals surface area contributed by atoms with E-state index in [0.29, 0.717) is 17.5 Å². The van der Waals surface area contributed by atoms with E-state index in [2.05, 4.69) is 14.9 Å². The Labute approximate surface area is 149 Å². The van der Waals surface area contributed by atoms with Crippen LogP contribution in [0.4, 0.5) is 0 Å². The number of carbonyl (C=O) groups is 1. The minimum absolute atomic E-state index is 0.159. The van der Waals surface area contributed by atoms with Crippen molar-refractivity contribution in [2.45, 2.75) is 18.3 Å². The van der Waals surface area contributed by atoms with E-state index in [4.69, 9.17) is 9.15 Å². The molecule has 130 valence electrons. The topological polar surface area (TPSA) is 79.4 Å². The number of furan rings is 1. The summed E-state index contributed by atoms with van der Waals surface area (Å²) in [6.45, 7) is 0.716. The molecule has 7 nitrogen and oxygen atoms in total. The maximum atomic E-state index is 11.4. The van der Waals surface area contributed by atoms with Gasteiger partial charge in [0.1, 0.15) is 18.1 Å². The third-order valence-corrected chi connectivity index (χ3v) is 4.29. The molecule has 0 saturated carbocycles. The number of esters is 1. The number of nitrogens with zero attached hydrogens (tertiary/aromatic N) is 3. The van der Waals surface area contributed by atoms with Gasteiger partial charge in [-0.3, -0.25) is 9.36 Å². The zero-order valence-electron chi connectivity index (χ0n) is 13.6. The van der Waals surface area contributed by atoms with Gasteiger partial charge >= 0.3 is 5.97 Å². The van der Waals surface area contributed by atoms with E-state index < -0.39 is 0 Å². The van der Waals surface area contributed by atoms with Crippen molar-refractivity contribution in [1.29, 1.82) is 0 Å². The molecule has 0 radical (unpaired) electrons. The molecular formula is C17H17N3O4S. The molecule has 25 heavy (non-hydrogen) atoms. The van der Waals surface area contributed by atoms with E-state index >= 15 is 0 Å². The molecule has 3 rings (SSSR count). The van der Waals surface area contributed by atoms with Crippen molar-refractivity contribution in [1.82, 2.24) is 14.8 Å². The van der Waals surface area contributed by atoms with Crippen LogP contribution in [0, 0.1) is 0 Å². The highest BCUT2D eigenvalue weighted by Gasteiger charge is 2.16. The van der Waals surface area contributed by atoms with E-state index in [1.807, 2.05) is 47.0 Å². The summed E-state index contributed by atoms with van der Waals surface area (Å²) in [6, 6.07) is 13.2. The largest absolute Gasteiger partial charge is 0.486 e. The molecule has 0 aliphatic rings. The molecule has 2 aromatic heterocycles. The standard InChI is InChI=1S/C17H17N3O4S/c1-22-16(21)12-25-17-19-18-15(11-24-13-6-3-2-4-7-13)20(17)10-14-8-5-9-23-14/h2-9H,10-12H2,1H3. The SMILES string of the molecule is COC(=O)CSc1nnc(COc2ccccc2)n1Cc1ccco1. The molecule has 0 unspecified atom stereocenters. The summed E-state index contributed by atoms with van der Waals surface area (Å²) in [5, 5.41) is 8.96. The van der Waals surface area contributed by atoms with Gasteiger partial charge in [-0.05, 0) is 24.3 Å². The van der Waals surface area contributed by atoms with Crippen molar-refractivity contribution < 1.29 is 18.7 Å². The highest BCUT2D eigenvalue weighted by atomic mass is 32.2. The van der Waals surface area contributed by atoms with Crippen LogP contribution in [0.15, 0.2) is 58.3 Å². The molecule has 2 heterocycles. The van der Waals surface area contributed by atoms with Crippen LogP contribution in [0.2, 0.25) is 0 Å². The van der Waals surface area contributed by atoms with Gasteiger partial charge in [0.25, 0.3) is 0 Å². The van der Waals surface area contributed by atoms with Gasteiger partial charge in [-0.25, -0.2) is 0 Å². The maximum Gasteiger partial charge on any atom is 0.316 e. The van der Waals surface area contributed by atoms with Gasteiger partial charge < -0.3 is 13.9 Å². The quantitative estimate of drug-likeness (QED) is 0.452. The molecule has 0 N–H and O–H groups in total. The molecule has 0 atom stereocenters. The Balaban J connectivity index is 1.76. The molecule has 1 aromatic carbocycles. The van der Waals surface area contributed by atoms with Crippen LogP contribution in [0.3, 0.4) is 0 Å². The summed E-state index contributed by atoms with van der Waals surface area (Å²) in [4.78, 5) is 11.4. The fourth-order valence-electron chi connectivity index (χ4n) is 2.10. The van der Waals surface area contributed by atoms with Crippen LogP contribution < -0.4 is 4.74 Å². The van der Waals surface area contributed by atoms with E-state index in [1.54, 1.807) is 6.26 Å². The van der Waals surface area contributed by atoms with Gasteiger partial charge in [-0.1, -0.05) is 30.0 Å². The van der Waals surface area contributed by atoms with E-state index in [0.717, 1.165) is 11.5 Å². The van der Waals surface area contributed by atoms with Crippen molar-refractivity contribution in [3.8, 4) is 5.75 Å². The zero-order chi connectivity index (χ0) is 17.5. The second kappa shape index (κ2) is 8.39. The lowest BCUT2D eigenvalue weighted by Gasteiger charge is -2.09. The molecule has 0 aliphatic carbocycles. The first-order valence-corrected chi connectivity index (χ1v) is 8.56. The molecule has 3 aromatic rings. The molecule has 0 aliphatic heterocycles. The summed E-state index contributed by atoms with van der Waals surface area (Å²) in [7, 11) is 1.36. The average molecular weight is 359 g/mol. The van der Waals surface area contributed by atoms with E-state index in [9.17, 15) is 4.79 Å². The van der Waals surface area contributed by atoms with Crippen molar-refractivity contribution in [3.63, 3.8) is 0 Å². The second-order valence-corrected chi connectivity index (χ2v) is 5.97. The lowest BCUT2D eigenvalue weighted by atomic mass is 10.3. The number of aromatic nitrogens is 3. The second-order valence-electron chi connectivity index (χ2n) is 5.03. The van der Waals surface area contributed by atoms with Gasteiger partial charge in [0.2, 0.25) is 0 Å². The Kier molecular flexibility index (Phi) is 5.73. The smallest absolute Gasteiger partial charge is 0.316 e.